The van der Waals surface area contributed by atoms with Crippen LogP contribution in [0.2, 0.25) is 13.1 Å². The van der Waals surface area contributed by atoms with Gasteiger partial charge in [-0.3, -0.25) is 0 Å². The molecule has 2 rings (SSSR count). The van der Waals surface area contributed by atoms with E-state index in [0.29, 0.717) is 0 Å². The van der Waals surface area contributed by atoms with Gasteiger partial charge in [0.15, 0.2) is 8.07 Å². The van der Waals surface area contributed by atoms with E-state index in [2.05, 4.69) is 54.9 Å². The molecule has 0 N–H and O–H groups in total. The Bertz CT molecular complexity index is 363. The lowest BCUT2D eigenvalue weighted by atomic mass is 10.4. The van der Waals surface area contributed by atoms with Gasteiger partial charge in [0.05, 0.1) is 0 Å². The van der Waals surface area contributed by atoms with Crippen molar-refractivity contribution >= 4 is 13.3 Å². The van der Waals surface area contributed by atoms with E-state index in [1.165, 1.54) is 18.0 Å². The molecule has 14 heavy (non-hydrogen) atoms. The van der Waals surface area contributed by atoms with Gasteiger partial charge in [0.1, 0.15) is 0 Å². The van der Waals surface area contributed by atoms with Gasteiger partial charge in [-0.05, 0) is 18.0 Å². The molecule has 1 fully saturated rings. The van der Waals surface area contributed by atoms with Crippen molar-refractivity contribution in [3.63, 3.8) is 0 Å². The lowest BCUT2D eigenvalue weighted by molar-refractivity contribution is 1.18. The molecule has 1 aliphatic carbocycles. The van der Waals surface area contributed by atoms with E-state index in [4.69, 9.17) is 0 Å². The first kappa shape index (κ1) is 9.55. The lowest BCUT2D eigenvalue weighted by Gasteiger charge is -2.14. The monoisotopic (exact) mass is 200 g/mol. The highest BCUT2D eigenvalue weighted by Gasteiger charge is 2.23. The van der Waals surface area contributed by atoms with Gasteiger partial charge in [-0.2, -0.15) is 0 Å². The first-order valence-corrected chi connectivity index (χ1v) is 8.27. The first-order valence-electron chi connectivity index (χ1n) is 5.27. The highest BCUT2D eigenvalue weighted by molar-refractivity contribution is 6.96. The summed E-state index contributed by atoms with van der Waals surface area (Å²) in [6.07, 6.45) is 2.65. The van der Waals surface area contributed by atoms with Crippen LogP contribution in [0.25, 0.3) is 0 Å². The van der Waals surface area contributed by atoms with Crippen LogP contribution in [0.15, 0.2) is 30.3 Å². The van der Waals surface area contributed by atoms with E-state index in [1.807, 2.05) is 0 Å². The second-order valence-corrected chi connectivity index (χ2v) is 8.61. The summed E-state index contributed by atoms with van der Waals surface area (Å²) >= 11 is 0. The van der Waals surface area contributed by atoms with E-state index in [9.17, 15) is 0 Å². The molecule has 1 aliphatic rings. The van der Waals surface area contributed by atoms with Crippen molar-refractivity contribution in [1.29, 1.82) is 0 Å². The number of rotatable bonds is 1. The molecule has 0 unspecified atom stereocenters. The average molecular weight is 200 g/mol. The quantitative estimate of drug-likeness (QED) is 0.483. The van der Waals surface area contributed by atoms with Crippen molar-refractivity contribution in [1.82, 2.24) is 0 Å². The third-order valence-corrected chi connectivity index (χ3v) is 5.21. The molecule has 0 atom stereocenters. The maximum Gasteiger partial charge on any atom is 0.162 e. The molecule has 1 saturated carbocycles. The zero-order chi connectivity index (χ0) is 10.0. The lowest BCUT2D eigenvalue weighted by Crippen LogP contribution is -2.39. The van der Waals surface area contributed by atoms with Gasteiger partial charge in [0.25, 0.3) is 0 Å². The summed E-state index contributed by atoms with van der Waals surface area (Å²) in [6, 6.07) is 10.7. The van der Waals surface area contributed by atoms with E-state index in [-0.39, 0.29) is 0 Å². The normalized spacial score (nSPS) is 15.9. The van der Waals surface area contributed by atoms with E-state index >= 15 is 0 Å². The summed E-state index contributed by atoms with van der Waals surface area (Å²) in [6.45, 7) is 4.66. The minimum absolute atomic E-state index is 0.727. The Morgan fingerprint density at radius 3 is 2.36 bits per heavy atom. The summed E-state index contributed by atoms with van der Waals surface area (Å²) < 4.78 is 0. The van der Waals surface area contributed by atoms with Crippen molar-refractivity contribution in [2.75, 3.05) is 0 Å². The van der Waals surface area contributed by atoms with Crippen molar-refractivity contribution in [3.8, 4) is 11.5 Å². The topological polar surface area (TPSA) is 0 Å². The number of hydrogen-bond donors (Lipinski definition) is 0. The molecule has 1 aromatic rings. The second kappa shape index (κ2) is 3.63. The van der Waals surface area contributed by atoms with Gasteiger partial charge >= 0.3 is 0 Å². The van der Waals surface area contributed by atoms with Crippen molar-refractivity contribution in [3.05, 3.63) is 30.3 Å². The van der Waals surface area contributed by atoms with Crippen molar-refractivity contribution < 1.29 is 0 Å². The molecule has 0 heterocycles. The van der Waals surface area contributed by atoms with Crippen LogP contribution in [0.1, 0.15) is 12.8 Å². The summed E-state index contributed by atoms with van der Waals surface area (Å²) in [5, 5.41) is 1.45. The summed E-state index contributed by atoms with van der Waals surface area (Å²) in [7, 11) is -1.46. The summed E-state index contributed by atoms with van der Waals surface area (Å²) in [4.78, 5) is 0. The Hall–Kier alpha value is -1.00. The second-order valence-electron chi connectivity index (χ2n) is 4.53. The molecule has 0 aromatic heterocycles. The van der Waals surface area contributed by atoms with Crippen molar-refractivity contribution in [2.45, 2.75) is 25.9 Å². The molecule has 0 radical (unpaired) electrons. The molecule has 1 aromatic carbocycles. The molecular weight excluding hydrogens is 184 g/mol. The molecule has 72 valence electrons. The molecule has 0 saturated heterocycles. The molecular formula is C13H16Si. The van der Waals surface area contributed by atoms with E-state index in [1.54, 1.807) is 0 Å². The third kappa shape index (κ3) is 2.27. The minimum Gasteiger partial charge on any atom is -0.126 e. The maximum atomic E-state index is 3.53. The third-order valence-electron chi connectivity index (χ3n) is 2.66. The summed E-state index contributed by atoms with van der Waals surface area (Å²) in [5.41, 5.74) is 3.53. The standard InChI is InChI=1S/C13H16Si/c1-14(2,11-10-12-8-9-12)13-6-4-3-5-7-13/h3-7,12H,8-9H2,1-2H3. The van der Waals surface area contributed by atoms with Crippen LogP contribution in [0.4, 0.5) is 0 Å². The largest absolute Gasteiger partial charge is 0.162 e. The Morgan fingerprint density at radius 2 is 1.79 bits per heavy atom. The van der Waals surface area contributed by atoms with Crippen LogP contribution in [-0.2, 0) is 0 Å². The zero-order valence-corrected chi connectivity index (χ0v) is 9.88. The van der Waals surface area contributed by atoms with Crippen LogP contribution >= 0.6 is 0 Å². The van der Waals surface area contributed by atoms with Gasteiger partial charge in [0, 0.05) is 5.92 Å². The highest BCUT2D eigenvalue weighted by Crippen LogP contribution is 2.27. The maximum absolute atomic E-state index is 3.53. The molecule has 0 spiro atoms. The van der Waals surface area contributed by atoms with Gasteiger partial charge < -0.3 is 0 Å². The Kier molecular flexibility index (Phi) is 2.47. The fourth-order valence-electron chi connectivity index (χ4n) is 1.44. The van der Waals surface area contributed by atoms with Gasteiger partial charge in [-0.1, -0.05) is 43.4 Å². The number of hydrogen-bond acceptors (Lipinski definition) is 0. The molecule has 1 heteroatoms. The van der Waals surface area contributed by atoms with E-state index in [0.717, 1.165) is 5.92 Å². The number of benzene rings is 1. The first-order chi connectivity index (χ1) is 6.68. The van der Waals surface area contributed by atoms with Crippen LogP contribution in [0, 0.1) is 17.4 Å². The molecule has 0 aliphatic heterocycles. The Balaban J connectivity index is 2.19. The van der Waals surface area contributed by atoms with Crippen LogP contribution in [0.3, 0.4) is 0 Å². The highest BCUT2D eigenvalue weighted by atomic mass is 28.3. The van der Waals surface area contributed by atoms with E-state index < -0.39 is 8.07 Å². The smallest absolute Gasteiger partial charge is 0.126 e. The Labute approximate surface area is 87.4 Å². The van der Waals surface area contributed by atoms with Gasteiger partial charge in [0.2, 0.25) is 0 Å². The molecule has 0 amide bonds. The molecule has 0 bridgehead atoms. The fraction of sp³-hybridized carbons (Fsp3) is 0.385. The van der Waals surface area contributed by atoms with Gasteiger partial charge in [-0.25, -0.2) is 0 Å². The predicted octanol–water partition coefficient (Wildman–Crippen LogP) is 2.55. The predicted molar refractivity (Wildman–Crippen MR) is 64.1 cm³/mol. The van der Waals surface area contributed by atoms with Crippen LogP contribution < -0.4 is 5.19 Å². The van der Waals surface area contributed by atoms with Crippen molar-refractivity contribution in [2.24, 2.45) is 5.92 Å². The SMILES string of the molecule is C[Si](C)(C#CC1CC1)c1ccccc1. The van der Waals surface area contributed by atoms with Crippen LogP contribution in [0.5, 0.6) is 0 Å². The Morgan fingerprint density at radius 1 is 1.14 bits per heavy atom. The molecule has 0 nitrogen and oxygen atoms in total. The van der Waals surface area contributed by atoms with Crippen LogP contribution in [-0.4, -0.2) is 8.07 Å². The van der Waals surface area contributed by atoms with Gasteiger partial charge in [-0.15, -0.1) is 11.5 Å². The minimum atomic E-state index is -1.46. The average Bonchev–Trinajstić information content (AvgIpc) is 3.00. The zero-order valence-electron chi connectivity index (χ0n) is 8.88. The fourth-order valence-corrected chi connectivity index (χ4v) is 3.17. The summed E-state index contributed by atoms with van der Waals surface area (Å²) in [5.74, 6) is 4.13.